The molecular weight excluding hydrogens is 276 g/mol. The first-order chi connectivity index (χ1) is 8.20. The van der Waals surface area contributed by atoms with Gasteiger partial charge in [-0.25, -0.2) is 4.98 Å². The van der Waals surface area contributed by atoms with Crippen molar-refractivity contribution in [1.82, 2.24) is 4.98 Å². The Hall–Kier alpha value is -1.35. The van der Waals surface area contributed by atoms with Crippen molar-refractivity contribution >= 4 is 27.4 Å². The lowest BCUT2D eigenvalue weighted by Crippen LogP contribution is -1.99. The maximum absolute atomic E-state index is 4.33. The summed E-state index contributed by atoms with van der Waals surface area (Å²) in [6, 6.07) is 10.3. The van der Waals surface area contributed by atoms with E-state index in [4.69, 9.17) is 0 Å². The van der Waals surface area contributed by atoms with Crippen molar-refractivity contribution in [3.8, 4) is 0 Å². The zero-order chi connectivity index (χ0) is 12.3. The molecule has 0 saturated carbocycles. The fraction of sp³-hybridized carbons (Fsp3) is 0.214. The zero-order valence-electron chi connectivity index (χ0n) is 10.00. The topological polar surface area (TPSA) is 24.9 Å². The van der Waals surface area contributed by atoms with E-state index in [0.29, 0.717) is 0 Å². The number of rotatable bonds is 3. The molecule has 0 aliphatic carbocycles. The van der Waals surface area contributed by atoms with Gasteiger partial charge in [-0.05, 0) is 52.5 Å². The van der Waals surface area contributed by atoms with Crippen molar-refractivity contribution < 1.29 is 0 Å². The minimum Gasteiger partial charge on any atom is -0.340 e. The summed E-state index contributed by atoms with van der Waals surface area (Å²) in [5, 5.41) is 3.39. The number of para-hydroxylation sites is 1. The van der Waals surface area contributed by atoms with Crippen molar-refractivity contribution in [2.75, 3.05) is 5.32 Å². The summed E-state index contributed by atoms with van der Waals surface area (Å²) < 4.78 is 0.989. The molecule has 2 rings (SSSR count). The predicted molar refractivity (Wildman–Crippen MR) is 75.8 cm³/mol. The fourth-order valence-corrected chi connectivity index (χ4v) is 2.01. The molecule has 2 aromatic rings. The van der Waals surface area contributed by atoms with Gasteiger partial charge in [0.25, 0.3) is 0 Å². The second kappa shape index (κ2) is 5.32. The summed E-state index contributed by atoms with van der Waals surface area (Å²) in [5.74, 6) is 0.872. The summed E-state index contributed by atoms with van der Waals surface area (Å²) in [4.78, 5) is 4.33. The number of hydrogen-bond donors (Lipinski definition) is 1. The molecule has 1 aromatic carbocycles. The van der Waals surface area contributed by atoms with Gasteiger partial charge in [-0.15, -0.1) is 0 Å². The number of nitrogens with zero attached hydrogens (tertiary/aromatic N) is 1. The minimum atomic E-state index is 0.872. The number of anilines is 2. The third-order valence-electron chi connectivity index (χ3n) is 2.72. The third kappa shape index (κ3) is 2.86. The van der Waals surface area contributed by atoms with Crippen LogP contribution in [0.3, 0.4) is 0 Å². The largest absolute Gasteiger partial charge is 0.340 e. The Bertz CT molecular complexity index is 506. The molecule has 0 radical (unpaired) electrons. The van der Waals surface area contributed by atoms with Crippen molar-refractivity contribution in [3.05, 3.63) is 52.1 Å². The van der Waals surface area contributed by atoms with Gasteiger partial charge in [0.1, 0.15) is 5.82 Å². The molecular formula is C14H15BrN2. The van der Waals surface area contributed by atoms with E-state index < -0.39 is 0 Å². The van der Waals surface area contributed by atoms with E-state index in [0.717, 1.165) is 16.7 Å². The van der Waals surface area contributed by atoms with Crippen LogP contribution in [0.4, 0.5) is 11.5 Å². The van der Waals surface area contributed by atoms with Crippen LogP contribution >= 0.6 is 15.9 Å². The molecule has 0 bridgehead atoms. The average Bonchev–Trinajstić information content (AvgIpc) is 2.34. The molecule has 2 nitrogen and oxygen atoms in total. The fourth-order valence-electron chi connectivity index (χ4n) is 1.78. The first-order valence-electron chi connectivity index (χ1n) is 5.67. The van der Waals surface area contributed by atoms with E-state index in [-0.39, 0.29) is 0 Å². The Morgan fingerprint density at radius 3 is 2.71 bits per heavy atom. The van der Waals surface area contributed by atoms with Crippen LogP contribution in [0.2, 0.25) is 0 Å². The van der Waals surface area contributed by atoms with Gasteiger partial charge in [0.2, 0.25) is 0 Å². The smallest absolute Gasteiger partial charge is 0.130 e. The van der Waals surface area contributed by atoms with Crippen LogP contribution in [-0.2, 0) is 6.42 Å². The summed E-state index contributed by atoms with van der Waals surface area (Å²) in [7, 11) is 0. The monoisotopic (exact) mass is 290 g/mol. The molecule has 3 heteroatoms. The Balaban J connectivity index is 2.32. The predicted octanol–water partition coefficient (Wildman–Crippen LogP) is 4.46. The number of aryl methyl sites for hydroxylation is 2. The van der Waals surface area contributed by atoms with Crippen LogP contribution in [-0.4, -0.2) is 4.98 Å². The number of benzene rings is 1. The highest BCUT2D eigenvalue weighted by Crippen LogP contribution is 2.24. The highest BCUT2D eigenvalue weighted by atomic mass is 79.9. The van der Waals surface area contributed by atoms with Gasteiger partial charge in [-0.3, -0.25) is 0 Å². The van der Waals surface area contributed by atoms with Crippen LogP contribution in [0.25, 0.3) is 0 Å². The van der Waals surface area contributed by atoms with Gasteiger partial charge < -0.3 is 5.32 Å². The number of aromatic nitrogens is 1. The van der Waals surface area contributed by atoms with Gasteiger partial charge >= 0.3 is 0 Å². The van der Waals surface area contributed by atoms with Crippen molar-refractivity contribution in [2.24, 2.45) is 0 Å². The molecule has 17 heavy (non-hydrogen) atoms. The average molecular weight is 291 g/mol. The molecule has 0 amide bonds. The highest BCUT2D eigenvalue weighted by molar-refractivity contribution is 9.10. The first kappa shape index (κ1) is 12.1. The molecule has 0 aliphatic heterocycles. The second-order valence-corrected chi connectivity index (χ2v) is 4.86. The minimum absolute atomic E-state index is 0.872. The Morgan fingerprint density at radius 1 is 1.24 bits per heavy atom. The quantitative estimate of drug-likeness (QED) is 0.903. The van der Waals surface area contributed by atoms with E-state index in [9.17, 15) is 0 Å². The van der Waals surface area contributed by atoms with Crippen LogP contribution < -0.4 is 5.32 Å². The standard InChI is InChI=1S/C14H15BrN2/c1-3-11-6-4-5-10(2)14(11)17-13-8-7-12(15)9-16-13/h4-9H,3H2,1-2H3,(H,16,17). The molecule has 1 heterocycles. The normalized spacial score (nSPS) is 10.3. The van der Waals surface area contributed by atoms with Gasteiger partial charge in [-0.1, -0.05) is 25.1 Å². The number of nitrogens with one attached hydrogen (secondary N) is 1. The number of halogens is 1. The third-order valence-corrected chi connectivity index (χ3v) is 3.19. The molecule has 0 fully saturated rings. The zero-order valence-corrected chi connectivity index (χ0v) is 11.6. The van der Waals surface area contributed by atoms with Crippen molar-refractivity contribution in [2.45, 2.75) is 20.3 Å². The summed E-state index contributed by atoms with van der Waals surface area (Å²) in [6.45, 7) is 4.27. The van der Waals surface area contributed by atoms with Gasteiger partial charge in [0.15, 0.2) is 0 Å². The molecule has 0 spiro atoms. The molecule has 0 atom stereocenters. The number of hydrogen-bond acceptors (Lipinski definition) is 2. The Labute approximate surface area is 110 Å². The summed E-state index contributed by atoms with van der Waals surface area (Å²) >= 11 is 3.38. The lowest BCUT2D eigenvalue weighted by Gasteiger charge is -2.13. The lowest BCUT2D eigenvalue weighted by atomic mass is 10.1. The van der Waals surface area contributed by atoms with Crippen LogP contribution in [0.15, 0.2) is 41.0 Å². The highest BCUT2D eigenvalue weighted by Gasteiger charge is 2.04. The molecule has 0 saturated heterocycles. The molecule has 1 aromatic heterocycles. The van der Waals surface area contributed by atoms with Gasteiger partial charge in [0.05, 0.1) is 0 Å². The second-order valence-electron chi connectivity index (χ2n) is 3.95. The number of pyridine rings is 1. The van der Waals surface area contributed by atoms with E-state index in [1.807, 2.05) is 12.1 Å². The maximum atomic E-state index is 4.33. The van der Waals surface area contributed by atoms with Gasteiger partial charge in [-0.2, -0.15) is 0 Å². The summed E-state index contributed by atoms with van der Waals surface area (Å²) in [5.41, 5.74) is 3.73. The van der Waals surface area contributed by atoms with E-state index in [1.54, 1.807) is 6.20 Å². The van der Waals surface area contributed by atoms with Crippen molar-refractivity contribution in [3.63, 3.8) is 0 Å². The first-order valence-corrected chi connectivity index (χ1v) is 6.47. The Morgan fingerprint density at radius 2 is 2.06 bits per heavy atom. The van der Waals surface area contributed by atoms with Crippen LogP contribution in [0.1, 0.15) is 18.1 Å². The van der Waals surface area contributed by atoms with Crippen molar-refractivity contribution in [1.29, 1.82) is 0 Å². The molecule has 0 aliphatic rings. The van der Waals surface area contributed by atoms with E-state index in [1.165, 1.54) is 16.8 Å². The molecule has 88 valence electrons. The Kier molecular flexibility index (Phi) is 3.79. The van der Waals surface area contributed by atoms with Crippen LogP contribution in [0, 0.1) is 6.92 Å². The molecule has 1 N–H and O–H groups in total. The van der Waals surface area contributed by atoms with E-state index >= 15 is 0 Å². The summed E-state index contributed by atoms with van der Waals surface area (Å²) in [6.07, 6.45) is 2.81. The van der Waals surface area contributed by atoms with Gasteiger partial charge in [0, 0.05) is 16.4 Å². The lowest BCUT2D eigenvalue weighted by molar-refractivity contribution is 1.13. The maximum Gasteiger partial charge on any atom is 0.130 e. The SMILES string of the molecule is CCc1cccc(C)c1Nc1ccc(Br)cn1. The molecule has 0 unspecified atom stereocenters. The van der Waals surface area contributed by atoms with E-state index in [2.05, 4.69) is 58.3 Å². The van der Waals surface area contributed by atoms with Crippen LogP contribution in [0.5, 0.6) is 0 Å².